The molecule has 0 fully saturated rings. The molecular formula is C11H16N6S. The average molecular weight is 264 g/mol. The van der Waals surface area contributed by atoms with Gasteiger partial charge in [0.05, 0.1) is 6.04 Å². The molecule has 3 N–H and O–H groups in total. The molecule has 0 radical (unpaired) electrons. The number of thiophene rings is 1. The number of aromatic nitrogens is 3. The van der Waals surface area contributed by atoms with Crippen LogP contribution in [-0.4, -0.2) is 29.0 Å². The topological polar surface area (TPSA) is 80.0 Å². The quantitative estimate of drug-likeness (QED) is 0.876. The summed E-state index contributed by atoms with van der Waals surface area (Å²) in [6.07, 6.45) is 0. The van der Waals surface area contributed by atoms with E-state index in [1.807, 2.05) is 19.5 Å². The Morgan fingerprint density at radius 2 is 2.11 bits per heavy atom. The molecule has 0 aromatic carbocycles. The predicted molar refractivity (Wildman–Crippen MR) is 74.9 cm³/mol. The van der Waals surface area contributed by atoms with Gasteiger partial charge in [0.15, 0.2) is 0 Å². The van der Waals surface area contributed by atoms with Crippen LogP contribution in [0.3, 0.4) is 0 Å². The second-order valence-electron chi connectivity index (χ2n) is 4.13. The molecule has 18 heavy (non-hydrogen) atoms. The lowest BCUT2D eigenvalue weighted by atomic mass is 10.2. The number of hydrogen-bond acceptors (Lipinski definition) is 7. The fourth-order valence-corrected chi connectivity index (χ4v) is 2.20. The monoisotopic (exact) mass is 264 g/mol. The van der Waals surface area contributed by atoms with Crippen molar-refractivity contribution in [3.05, 3.63) is 22.4 Å². The van der Waals surface area contributed by atoms with E-state index in [-0.39, 0.29) is 12.0 Å². The van der Waals surface area contributed by atoms with Gasteiger partial charge in [-0.2, -0.15) is 26.3 Å². The third-order valence-electron chi connectivity index (χ3n) is 2.43. The zero-order valence-electron chi connectivity index (χ0n) is 10.6. The first-order chi connectivity index (χ1) is 8.56. The van der Waals surface area contributed by atoms with Crippen molar-refractivity contribution in [2.24, 2.45) is 0 Å². The molecule has 0 aliphatic heterocycles. The van der Waals surface area contributed by atoms with Crippen molar-refractivity contribution in [2.45, 2.75) is 13.0 Å². The lowest BCUT2D eigenvalue weighted by molar-refractivity contribution is 0.853. The number of nitrogens with zero attached hydrogens (tertiary/aromatic N) is 4. The Hall–Kier alpha value is -1.89. The summed E-state index contributed by atoms with van der Waals surface area (Å²) in [6.45, 7) is 2.05. The van der Waals surface area contributed by atoms with Crippen molar-refractivity contribution in [1.29, 1.82) is 0 Å². The van der Waals surface area contributed by atoms with Crippen molar-refractivity contribution >= 4 is 29.2 Å². The van der Waals surface area contributed by atoms with Crippen molar-refractivity contribution in [3.8, 4) is 0 Å². The third kappa shape index (κ3) is 2.86. The molecule has 7 heteroatoms. The van der Waals surface area contributed by atoms with Crippen LogP contribution in [0.1, 0.15) is 18.5 Å². The number of rotatable bonds is 4. The molecule has 2 aromatic rings. The van der Waals surface area contributed by atoms with Gasteiger partial charge in [-0.15, -0.1) is 0 Å². The third-order valence-corrected chi connectivity index (χ3v) is 3.13. The highest BCUT2D eigenvalue weighted by Crippen LogP contribution is 2.20. The molecule has 2 rings (SSSR count). The van der Waals surface area contributed by atoms with Crippen molar-refractivity contribution < 1.29 is 0 Å². The van der Waals surface area contributed by atoms with E-state index >= 15 is 0 Å². The summed E-state index contributed by atoms with van der Waals surface area (Å²) >= 11 is 1.66. The number of nitrogens with two attached hydrogens (primary N) is 1. The first kappa shape index (κ1) is 12.6. The molecule has 1 atom stereocenters. The van der Waals surface area contributed by atoms with E-state index in [1.165, 1.54) is 5.56 Å². The molecule has 0 aliphatic rings. The predicted octanol–water partition coefficient (Wildman–Crippen LogP) is 1.75. The second kappa shape index (κ2) is 5.18. The lowest BCUT2D eigenvalue weighted by Gasteiger charge is -2.15. The molecular weight excluding hydrogens is 248 g/mol. The van der Waals surface area contributed by atoms with E-state index < -0.39 is 0 Å². The first-order valence-electron chi connectivity index (χ1n) is 5.54. The summed E-state index contributed by atoms with van der Waals surface area (Å²) in [7, 11) is 3.72. The number of nitrogens with one attached hydrogen (secondary N) is 1. The molecule has 0 spiro atoms. The maximum absolute atomic E-state index is 5.66. The first-order valence-corrected chi connectivity index (χ1v) is 6.48. The number of anilines is 3. The van der Waals surface area contributed by atoms with Gasteiger partial charge in [-0.1, -0.05) is 0 Å². The molecule has 0 saturated heterocycles. The Labute approximate surface area is 110 Å². The van der Waals surface area contributed by atoms with Gasteiger partial charge in [-0.3, -0.25) is 0 Å². The molecule has 0 bridgehead atoms. The Morgan fingerprint density at radius 3 is 2.72 bits per heavy atom. The highest BCUT2D eigenvalue weighted by atomic mass is 32.1. The van der Waals surface area contributed by atoms with Gasteiger partial charge < -0.3 is 16.0 Å². The van der Waals surface area contributed by atoms with Crippen molar-refractivity contribution in [1.82, 2.24) is 15.0 Å². The summed E-state index contributed by atoms with van der Waals surface area (Å²) < 4.78 is 0. The lowest BCUT2D eigenvalue weighted by Crippen LogP contribution is -2.17. The molecule has 6 nitrogen and oxygen atoms in total. The summed E-state index contributed by atoms with van der Waals surface area (Å²) in [5, 5.41) is 7.35. The number of nitrogen functional groups attached to an aromatic ring is 1. The van der Waals surface area contributed by atoms with Gasteiger partial charge in [0.2, 0.25) is 17.8 Å². The van der Waals surface area contributed by atoms with Crippen LogP contribution in [0.4, 0.5) is 17.8 Å². The smallest absolute Gasteiger partial charge is 0.231 e. The molecule has 0 aliphatic carbocycles. The van der Waals surface area contributed by atoms with E-state index in [0.29, 0.717) is 11.9 Å². The van der Waals surface area contributed by atoms with Gasteiger partial charge in [0.1, 0.15) is 0 Å². The maximum Gasteiger partial charge on any atom is 0.231 e. The average Bonchev–Trinajstić information content (AvgIpc) is 2.81. The standard InChI is InChI=1S/C11H16N6S/c1-7(8-4-5-18-6-8)13-10-14-9(12)15-11(16-10)17(2)3/h4-7H,1-3H3,(H3,12,13,14,15,16). The fourth-order valence-electron chi connectivity index (χ4n) is 1.44. The van der Waals surface area contributed by atoms with Crippen LogP contribution in [0.2, 0.25) is 0 Å². The van der Waals surface area contributed by atoms with E-state index in [1.54, 1.807) is 16.2 Å². The molecule has 2 aromatic heterocycles. The number of hydrogen-bond donors (Lipinski definition) is 2. The minimum absolute atomic E-state index is 0.132. The van der Waals surface area contributed by atoms with Gasteiger partial charge in [-0.05, 0) is 29.3 Å². The summed E-state index contributed by atoms with van der Waals surface area (Å²) in [4.78, 5) is 14.2. The normalized spacial score (nSPS) is 12.2. The highest BCUT2D eigenvalue weighted by Gasteiger charge is 2.10. The van der Waals surface area contributed by atoms with E-state index in [0.717, 1.165) is 0 Å². The van der Waals surface area contributed by atoms with Crippen molar-refractivity contribution in [2.75, 3.05) is 30.0 Å². The van der Waals surface area contributed by atoms with Crippen LogP contribution in [0, 0.1) is 0 Å². The van der Waals surface area contributed by atoms with Gasteiger partial charge in [-0.25, -0.2) is 0 Å². The molecule has 96 valence electrons. The summed E-state index contributed by atoms with van der Waals surface area (Å²) in [5.41, 5.74) is 6.86. The fraction of sp³-hybridized carbons (Fsp3) is 0.364. The second-order valence-corrected chi connectivity index (χ2v) is 4.91. The molecule has 2 heterocycles. The zero-order chi connectivity index (χ0) is 13.1. The Morgan fingerprint density at radius 1 is 1.33 bits per heavy atom. The zero-order valence-corrected chi connectivity index (χ0v) is 11.4. The van der Waals surface area contributed by atoms with Crippen molar-refractivity contribution in [3.63, 3.8) is 0 Å². The van der Waals surface area contributed by atoms with E-state index in [4.69, 9.17) is 5.73 Å². The van der Waals surface area contributed by atoms with E-state index in [2.05, 4.69) is 38.6 Å². The Balaban J connectivity index is 2.18. The molecule has 0 amide bonds. The largest absolute Gasteiger partial charge is 0.368 e. The Bertz CT molecular complexity index is 510. The summed E-state index contributed by atoms with van der Waals surface area (Å²) in [5.74, 6) is 1.25. The maximum atomic E-state index is 5.66. The highest BCUT2D eigenvalue weighted by molar-refractivity contribution is 7.07. The van der Waals surface area contributed by atoms with Crippen LogP contribution in [0.15, 0.2) is 16.8 Å². The van der Waals surface area contributed by atoms with Crippen LogP contribution >= 0.6 is 11.3 Å². The summed E-state index contributed by atoms with van der Waals surface area (Å²) in [6, 6.07) is 2.20. The van der Waals surface area contributed by atoms with Gasteiger partial charge in [0.25, 0.3) is 0 Å². The van der Waals surface area contributed by atoms with Crippen LogP contribution in [-0.2, 0) is 0 Å². The minimum atomic E-state index is 0.132. The van der Waals surface area contributed by atoms with Gasteiger partial charge in [0, 0.05) is 14.1 Å². The molecule has 1 unspecified atom stereocenters. The Kier molecular flexibility index (Phi) is 3.61. The van der Waals surface area contributed by atoms with Crippen LogP contribution < -0.4 is 16.0 Å². The minimum Gasteiger partial charge on any atom is -0.368 e. The van der Waals surface area contributed by atoms with Crippen LogP contribution in [0.5, 0.6) is 0 Å². The SMILES string of the molecule is CC(Nc1nc(N)nc(N(C)C)n1)c1ccsc1. The van der Waals surface area contributed by atoms with Gasteiger partial charge >= 0.3 is 0 Å². The molecule has 0 saturated carbocycles. The van der Waals surface area contributed by atoms with Crippen LogP contribution in [0.25, 0.3) is 0 Å². The van der Waals surface area contributed by atoms with E-state index in [9.17, 15) is 0 Å².